The lowest BCUT2D eigenvalue weighted by Gasteiger charge is -2.33. The fourth-order valence-corrected chi connectivity index (χ4v) is 4.09. The van der Waals surface area contributed by atoms with E-state index >= 15 is 0 Å². The van der Waals surface area contributed by atoms with E-state index in [-0.39, 0.29) is 0 Å². The normalized spacial score (nSPS) is 12.6. The zero-order chi connectivity index (χ0) is 20.8. The van der Waals surface area contributed by atoms with E-state index in [4.69, 9.17) is 4.74 Å². The summed E-state index contributed by atoms with van der Waals surface area (Å²) in [4.78, 5) is 29.9. The van der Waals surface area contributed by atoms with Crippen LogP contribution in [0.5, 0.6) is 5.75 Å². The number of ether oxygens (including phenoxy) is 2. The van der Waals surface area contributed by atoms with Gasteiger partial charge in [0.05, 0.1) is 18.5 Å². The van der Waals surface area contributed by atoms with E-state index in [1.165, 1.54) is 12.0 Å². The largest absolute Gasteiger partial charge is 0.466 e. The van der Waals surface area contributed by atoms with Crippen molar-refractivity contribution in [3.8, 4) is 5.75 Å². The topological polar surface area (TPSA) is 59.1 Å². The van der Waals surface area contributed by atoms with E-state index in [0.29, 0.717) is 5.75 Å². The second kappa shape index (κ2) is 9.62. The van der Waals surface area contributed by atoms with E-state index in [2.05, 4.69) is 40.8 Å². The summed E-state index contributed by atoms with van der Waals surface area (Å²) < 4.78 is 9.86. The zero-order valence-corrected chi connectivity index (χ0v) is 17.6. The molecule has 0 bridgehead atoms. The molecular formula is C22H24N2O4S. The van der Waals surface area contributed by atoms with Gasteiger partial charge in [-0.25, -0.2) is 9.59 Å². The summed E-state index contributed by atoms with van der Waals surface area (Å²) in [5, 5.41) is 0. The third-order valence-electron chi connectivity index (χ3n) is 4.36. The predicted octanol–water partition coefficient (Wildman–Crippen LogP) is 3.88. The summed E-state index contributed by atoms with van der Waals surface area (Å²) in [6.07, 6.45) is 3.10. The Morgan fingerprint density at radius 2 is 1.76 bits per heavy atom. The fourth-order valence-electron chi connectivity index (χ4n) is 3.01. The number of hydrogen-bond donors (Lipinski definition) is 0. The Kier molecular flexibility index (Phi) is 6.95. The zero-order valence-electron chi connectivity index (χ0n) is 16.8. The molecular weight excluding hydrogens is 388 g/mol. The van der Waals surface area contributed by atoms with Gasteiger partial charge in [0, 0.05) is 34.6 Å². The van der Waals surface area contributed by atoms with E-state index in [9.17, 15) is 9.59 Å². The number of anilines is 2. The maximum absolute atomic E-state index is 12.0. The van der Waals surface area contributed by atoms with Crippen molar-refractivity contribution in [2.45, 2.75) is 16.2 Å². The molecule has 3 rings (SSSR count). The molecule has 0 radical (unpaired) electrons. The van der Waals surface area contributed by atoms with Crippen LogP contribution < -0.4 is 9.64 Å². The minimum atomic E-state index is -0.627. The van der Waals surface area contributed by atoms with Crippen molar-refractivity contribution in [1.82, 2.24) is 4.90 Å². The quantitative estimate of drug-likeness (QED) is 0.389. The van der Waals surface area contributed by atoms with Crippen LogP contribution >= 0.6 is 11.8 Å². The van der Waals surface area contributed by atoms with E-state index in [1.807, 2.05) is 24.3 Å². The van der Waals surface area contributed by atoms with Crippen LogP contribution in [0.3, 0.4) is 0 Å². The first-order valence-corrected chi connectivity index (χ1v) is 10.1. The monoisotopic (exact) mass is 412 g/mol. The number of carbonyl (C=O) groups excluding carboxylic acids is 2. The van der Waals surface area contributed by atoms with Gasteiger partial charge in [0.1, 0.15) is 5.75 Å². The van der Waals surface area contributed by atoms with Gasteiger partial charge in [-0.05, 0) is 51.3 Å². The molecule has 0 unspecified atom stereocenters. The second-order valence-corrected chi connectivity index (χ2v) is 7.87. The highest BCUT2D eigenvalue weighted by atomic mass is 32.2. The summed E-state index contributed by atoms with van der Waals surface area (Å²) in [5.41, 5.74) is 2.16. The average molecular weight is 413 g/mol. The van der Waals surface area contributed by atoms with E-state index in [0.717, 1.165) is 47.9 Å². The highest BCUT2D eigenvalue weighted by Gasteiger charge is 2.23. The third-order valence-corrected chi connectivity index (χ3v) is 5.49. The molecule has 2 aromatic carbocycles. The molecule has 0 saturated carbocycles. The molecule has 0 amide bonds. The number of methoxy groups -OCH3 is 1. The molecule has 29 heavy (non-hydrogen) atoms. The first-order chi connectivity index (χ1) is 14.0. The van der Waals surface area contributed by atoms with Gasteiger partial charge in [0.25, 0.3) is 0 Å². The van der Waals surface area contributed by atoms with Crippen LogP contribution in [-0.4, -0.2) is 51.1 Å². The molecule has 0 spiro atoms. The molecule has 0 fully saturated rings. The summed E-state index contributed by atoms with van der Waals surface area (Å²) in [7, 11) is 5.38. The molecule has 0 aromatic heterocycles. The lowest BCUT2D eigenvalue weighted by atomic mass is 10.2. The molecule has 152 valence electrons. The van der Waals surface area contributed by atoms with Crippen molar-refractivity contribution < 1.29 is 19.1 Å². The number of carbonyl (C=O) groups is 2. The van der Waals surface area contributed by atoms with Crippen LogP contribution in [0.1, 0.15) is 6.42 Å². The molecule has 2 aromatic rings. The predicted molar refractivity (Wildman–Crippen MR) is 114 cm³/mol. The number of para-hydroxylation sites is 1. The van der Waals surface area contributed by atoms with Gasteiger partial charge >= 0.3 is 11.9 Å². The lowest BCUT2D eigenvalue weighted by molar-refractivity contribution is -0.135. The van der Waals surface area contributed by atoms with Crippen molar-refractivity contribution in [2.24, 2.45) is 0 Å². The number of esters is 2. The number of fused-ring (bicyclic) bond motifs is 2. The first kappa shape index (κ1) is 21.0. The van der Waals surface area contributed by atoms with E-state index < -0.39 is 11.9 Å². The third kappa shape index (κ3) is 5.40. The van der Waals surface area contributed by atoms with Crippen LogP contribution in [0.15, 0.2) is 64.4 Å². The number of benzene rings is 2. The Hall–Kier alpha value is -2.77. The van der Waals surface area contributed by atoms with Crippen LogP contribution in [-0.2, 0) is 14.3 Å². The number of rotatable bonds is 7. The Morgan fingerprint density at radius 3 is 2.52 bits per heavy atom. The van der Waals surface area contributed by atoms with E-state index in [1.54, 1.807) is 17.8 Å². The Morgan fingerprint density at radius 1 is 1.03 bits per heavy atom. The SMILES string of the molecule is COC(=O)/C=C\C(=O)Oc1ccc2c(c1)N(CCCN(C)C)c1ccccc1S2. The highest BCUT2D eigenvalue weighted by Crippen LogP contribution is 2.49. The smallest absolute Gasteiger partial charge is 0.336 e. The van der Waals surface area contributed by atoms with Crippen molar-refractivity contribution in [3.05, 3.63) is 54.6 Å². The van der Waals surface area contributed by atoms with Crippen LogP contribution in [0.2, 0.25) is 0 Å². The first-order valence-electron chi connectivity index (χ1n) is 9.29. The van der Waals surface area contributed by atoms with Crippen LogP contribution in [0.4, 0.5) is 11.4 Å². The summed E-state index contributed by atoms with van der Waals surface area (Å²) in [5.74, 6) is -0.799. The van der Waals surface area contributed by atoms with Crippen molar-refractivity contribution in [1.29, 1.82) is 0 Å². The molecule has 1 aliphatic rings. The number of hydrogen-bond acceptors (Lipinski definition) is 7. The number of nitrogens with zero attached hydrogens (tertiary/aromatic N) is 2. The van der Waals surface area contributed by atoms with Crippen molar-refractivity contribution in [3.63, 3.8) is 0 Å². The fraction of sp³-hybridized carbons (Fsp3) is 0.273. The molecule has 0 N–H and O–H groups in total. The second-order valence-electron chi connectivity index (χ2n) is 6.79. The summed E-state index contributed by atoms with van der Waals surface area (Å²) in [6, 6.07) is 13.9. The highest BCUT2D eigenvalue weighted by molar-refractivity contribution is 7.99. The van der Waals surface area contributed by atoms with Crippen LogP contribution in [0.25, 0.3) is 0 Å². The van der Waals surface area contributed by atoms with Crippen molar-refractivity contribution in [2.75, 3.05) is 39.2 Å². The van der Waals surface area contributed by atoms with Gasteiger partial charge in [0.15, 0.2) is 0 Å². The maximum Gasteiger partial charge on any atom is 0.336 e. The molecule has 1 heterocycles. The van der Waals surface area contributed by atoms with Gasteiger partial charge < -0.3 is 19.3 Å². The minimum Gasteiger partial charge on any atom is -0.466 e. The van der Waals surface area contributed by atoms with Crippen LogP contribution in [0, 0.1) is 0 Å². The molecule has 0 saturated heterocycles. The Labute approximate surface area is 175 Å². The summed E-state index contributed by atoms with van der Waals surface area (Å²) >= 11 is 1.70. The Bertz CT molecular complexity index is 927. The van der Waals surface area contributed by atoms with Gasteiger partial charge in [-0.3, -0.25) is 0 Å². The minimum absolute atomic E-state index is 0.431. The molecule has 0 atom stereocenters. The average Bonchev–Trinajstić information content (AvgIpc) is 2.71. The van der Waals surface area contributed by atoms with Crippen molar-refractivity contribution >= 4 is 35.1 Å². The molecule has 6 nitrogen and oxygen atoms in total. The molecule has 1 aliphatic heterocycles. The molecule has 0 aliphatic carbocycles. The van der Waals surface area contributed by atoms with Gasteiger partial charge in [-0.2, -0.15) is 0 Å². The van der Waals surface area contributed by atoms with Gasteiger partial charge in [-0.1, -0.05) is 23.9 Å². The lowest BCUT2D eigenvalue weighted by Crippen LogP contribution is -2.25. The Balaban J connectivity index is 1.84. The molecule has 7 heteroatoms. The van der Waals surface area contributed by atoms with Gasteiger partial charge in [-0.15, -0.1) is 0 Å². The van der Waals surface area contributed by atoms with Gasteiger partial charge in [0.2, 0.25) is 0 Å². The standard InChI is InChI=1S/C22H24N2O4S/c1-23(2)13-6-14-24-17-7-4-5-8-19(17)29-20-10-9-16(15-18(20)24)28-22(26)12-11-21(25)27-3/h4-5,7-12,15H,6,13-14H2,1-3H3/b12-11-. The summed E-state index contributed by atoms with van der Waals surface area (Å²) in [6.45, 7) is 1.83. The maximum atomic E-state index is 12.0.